The predicted molar refractivity (Wildman–Crippen MR) is 86.6 cm³/mol. The quantitative estimate of drug-likeness (QED) is 0.725. The minimum Gasteiger partial charge on any atom is -0.396 e. The maximum Gasteiger partial charge on any atom is 0.319 e. The van der Waals surface area contributed by atoms with Gasteiger partial charge in [-0.1, -0.05) is 19.9 Å². The molecule has 0 saturated heterocycles. The van der Waals surface area contributed by atoms with Crippen molar-refractivity contribution in [3.05, 3.63) is 29.3 Å². The van der Waals surface area contributed by atoms with Crippen LogP contribution in [-0.2, 0) is 18.0 Å². The first-order chi connectivity index (χ1) is 10.6. The zero-order chi connectivity index (χ0) is 15.9. The first-order valence-electron chi connectivity index (χ1n) is 7.93. The van der Waals surface area contributed by atoms with Crippen LogP contribution in [0.25, 0.3) is 0 Å². The number of hydrogen-bond donors (Lipinski definition) is 3. The van der Waals surface area contributed by atoms with Gasteiger partial charge in [-0.2, -0.15) is 0 Å². The molecule has 1 heterocycles. The molecule has 1 aliphatic rings. The second-order valence-electron chi connectivity index (χ2n) is 6.32. The smallest absolute Gasteiger partial charge is 0.319 e. The lowest BCUT2D eigenvalue weighted by Crippen LogP contribution is -2.33. The van der Waals surface area contributed by atoms with Crippen molar-refractivity contribution in [3.8, 4) is 0 Å². The second kappa shape index (κ2) is 8.15. The standard InChI is InChI=1S/C17H26N2O3/c1-12(2)7-13(5-6-20)9-18-17(21)19-16-4-3-14-10-22-11-15(14)8-16/h3-4,8,12-13,20H,5-7,9-11H2,1-2H3,(H2,18,19,21). The molecule has 0 aromatic heterocycles. The normalized spacial score (nSPS) is 14.7. The molecule has 0 radical (unpaired) electrons. The van der Waals surface area contributed by atoms with Crippen LogP contribution in [-0.4, -0.2) is 24.3 Å². The van der Waals surface area contributed by atoms with E-state index >= 15 is 0 Å². The van der Waals surface area contributed by atoms with Crippen LogP contribution in [0.5, 0.6) is 0 Å². The summed E-state index contributed by atoms with van der Waals surface area (Å²) in [7, 11) is 0. The van der Waals surface area contributed by atoms with E-state index in [1.807, 2.05) is 18.2 Å². The first kappa shape index (κ1) is 16.8. The summed E-state index contributed by atoms with van der Waals surface area (Å²) >= 11 is 0. The highest BCUT2D eigenvalue weighted by atomic mass is 16.5. The summed E-state index contributed by atoms with van der Waals surface area (Å²) in [4.78, 5) is 12.0. The van der Waals surface area contributed by atoms with Gasteiger partial charge in [0, 0.05) is 18.8 Å². The maximum absolute atomic E-state index is 12.0. The molecule has 2 rings (SSSR count). The number of fused-ring (bicyclic) bond motifs is 1. The van der Waals surface area contributed by atoms with Crippen molar-refractivity contribution in [1.29, 1.82) is 0 Å². The van der Waals surface area contributed by atoms with Crippen LogP contribution in [0.4, 0.5) is 10.5 Å². The van der Waals surface area contributed by atoms with Crippen LogP contribution in [0, 0.1) is 11.8 Å². The molecular weight excluding hydrogens is 280 g/mol. The highest BCUT2D eigenvalue weighted by molar-refractivity contribution is 5.89. The Kier molecular flexibility index (Phi) is 6.21. The van der Waals surface area contributed by atoms with Crippen molar-refractivity contribution in [2.45, 2.75) is 39.9 Å². The minimum absolute atomic E-state index is 0.158. The Morgan fingerprint density at radius 1 is 1.32 bits per heavy atom. The van der Waals surface area contributed by atoms with Crippen LogP contribution < -0.4 is 10.6 Å². The van der Waals surface area contributed by atoms with Gasteiger partial charge in [-0.25, -0.2) is 4.79 Å². The number of urea groups is 1. The lowest BCUT2D eigenvalue weighted by atomic mass is 9.94. The van der Waals surface area contributed by atoms with Crippen LogP contribution >= 0.6 is 0 Å². The lowest BCUT2D eigenvalue weighted by Gasteiger charge is -2.19. The molecule has 22 heavy (non-hydrogen) atoms. The van der Waals surface area contributed by atoms with Crippen LogP contribution in [0.2, 0.25) is 0 Å². The van der Waals surface area contributed by atoms with Crippen LogP contribution in [0.3, 0.4) is 0 Å². The van der Waals surface area contributed by atoms with Crippen molar-refractivity contribution >= 4 is 11.7 Å². The predicted octanol–water partition coefficient (Wildman–Crippen LogP) is 2.88. The fourth-order valence-electron chi connectivity index (χ4n) is 2.81. The van der Waals surface area contributed by atoms with Crippen molar-refractivity contribution in [2.75, 3.05) is 18.5 Å². The Hall–Kier alpha value is -1.59. The highest BCUT2D eigenvalue weighted by Crippen LogP contribution is 2.23. The molecule has 0 aliphatic carbocycles. The lowest BCUT2D eigenvalue weighted by molar-refractivity contribution is 0.134. The van der Waals surface area contributed by atoms with Gasteiger partial charge in [0.1, 0.15) is 0 Å². The second-order valence-corrected chi connectivity index (χ2v) is 6.32. The molecule has 5 heteroatoms. The number of rotatable bonds is 7. The molecule has 122 valence electrons. The SMILES string of the molecule is CC(C)CC(CCO)CNC(=O)Nc1ccc2c(c1)COC2. The third-order valence-corrected chi connectivity index (χ3v) is 3.87. The summed E-state index contributed by atoms with van der Waals surface area (Å²) < 4.78 is 5.37. The number of aliphatic hydroxyl groups excluding tert-OH is 1. The van der Waals surface area contributed by atoms with Crippen molar-refractivity contribution in [1.82, 2.24) is 5.32 Å². The van der Waals surface area contributed by atoms with E-state index < -0.39 is 0 Å². The number of anilines is 1. The summed E-state index contributed by atoms with van der Waals surface area (Å²) in [6, 6.07) is 5.64. The molecule has 0 spiro atoms. The van der Waals surface area contributed by atoms with Gasteiger partial charge in [0.2, 0.25) is 0 Å². The average molecular weight is 306 g/mol. The molecule has 0 saturated carbocycles. The Morgan fingerprint density at radius 3 is 2.82 bits per heavy atom. The number of carbonyl (C=O) groups is 1. The van der Waals surface area contributed by atoms with E-state index in [9.17, 15) is 4.79 Å². The van der Waals surface area contributed by atoms with E-state index in [4.69, 9.17) is 9.84 Å². The molecule has 0 fully saturated rings. The third kappa shape index (κ3) is 5.00. The summed E-state index contributed by atoms with van der Waals surface area (Å²) in [5.74, 6) is 0.863. The van der Waals surface area contributed by atoms with Crippen LogP contribution in [0.15, 0.2) is 18.2 Å². The molecule has 3 N–H and O–H groups in total. The summed E-state index contributed by atoms with van der Waals surface area (Å²) in [6.07, 6.45) is 1.71. The van der Waals surface area contributed by atoms with E-state index in [1.165, 1.54) is 5.56 Å². The molecule has 0 bridgehead atoms. The van der Waals surface area contributed by atoms with E-state index in [2.05, 4.69) is 24.5 Å². The highest BCUT2D eigenvalue weighted by Gasteiger charge is 2.14. The zero-order valence-electron chi connectivity index (χ0n) is 13.4. The first-order valence-corrected chi connectivity index (χ1v) is 7.93. The van der Waals surface area contributed by atoms with Gasteiger partial charge in [0.25, 0.3) is 0 Å². The summed E-state index contributed by atoms with van der Waals surface area (Å²) in [5, 5.41) is 14.9. The largest absolute Gasteiger partial charge is 0.396 e. The van der Waals surface area contributed by atoms with Gasteiger partial charge in [-0.15, -0.1) is 0 Å². The monoisotopic (exact) mass is 306 g/mol. The van der Waals surface area contributed by atoms with E-state index in [1.54, 1.807) is 0 Å². The number of aliphatic hydroxyl groups is 1. The Bertz CT molecular complexity index is 503. The number of ether oxygens (including phenoxy) is 1. The van der Waals surface area contributed by atoms with Gasteiger partial charge in [-0.05, 0) is 47.9 Å². The molecule has 1 aromatic carbocycles. The molecule has 5 nitrogen and oxygen atoms in total. The Balaban J connectivity index is 1.81. The molecule has 1 aliphatic heterocycles. The molecule has 1 aromatic rings. The average Bonchev–Trinajstić information content (AvgIpc) is 2.92. The number of amides is 2. The number of hydrogen-bond acceptors (Lipinski definition) is 3. The van der Waals surface area contributed by atoms with E-state index in [0.717, 1.165) is 17.7 Å². The Morgan fingerprint density at radius 2 is 2.09 bits per heavy atom. The number of carbonyl (C=O) groups excluding carboxylic acids is 1. The van der Waals surface area contributed by atoms with E-state index in [-0.39, 0.29) is 12.6 Å². The zero-order valence-corrected chi connectivity index (χ0v) is 13.4. The number of nitrogens with one attached hydrogen (secondary N) is 2. The molecule has 2 amide bonds. The van der Waals surface area contributed by atoms with Crippen molar-refractivity contribution in [2.24, 2.45) is 11.8 Å². The third-order valence-electron chi connectivity index (χ3n) is 3.87. The van der Waals surface area contributed by atoms with Gasteiger partial charge in [0.15, 0.2) is 0 Å². The van der Waals surface area contributed by atoms with E-state index in [0.29, 0.717) is 38.0 Å². The fourth-order valence-corrected chi connectivity index (χ4v) is 2.81. The summed E-state index contributed by atoms with van der Waals surface area (Å²) in [6.45, 7) is 6.30. The number of benzene rings is 1. The molecular formula is C17H26N2O3. The fraction of sp³-hybridized carbons (Fsp3) is 0.588. The van der Waals surface area contributed by atoms with Crippen molar-refractivity contribution in [3.63, 3.8) is 0 Å². The Labute approximate surface area is 132 Å². The van der Waals surface area contributed by atoms with Gasteiger partial charge in [-0.3, -0.25) is 0 Å². The maximum atomic E-state index is 12.0. The van der Waals surface area contributed by atoms with Crippen LogP contribution in [0.1, 0.15) is 37.8 Å². The van der Waals surface area contributed by atoms with Gasteiger partial charge >= 0.3 is 6.03 Å². The van der Waals surface area contributed by atoms with Gasteiger partial charge in [0.05, 0.1) is 13.2 Å². The minimum atomic E-state index is -0.203. The molecule has 1 unspecified atom stereocenters. The van der Waals surface area contributed by atoms with Gasteiger partial charge < -0.3 is 20.5 Å². The topological polar surface area (TPSA) is 70.6 Å². The summed E-state index contributed by atoms with van der Waals surface area (Å²) in [5.41, 5.74) is 3.10. The van der Waals surface area contributed by atoms with Crippen molar-refractivity contribution < 1.29 is 14.6 Å². The molecule has 1 atom stereocenters.